The summed E-state index contributed by atoms with van der Waals surface area (Å²) < 4.78 is 0. The van der Waals surface area contributed by atoms with Gasteiger partial charge in [-0.05, 0) is 60.4 Å². The Balaban J connectivity index is 1.49. The average Bonchev–Trinajstić information content (AvgIpc) is 3.10. The molecule has 2 N–H and O–H groups in total. The predicted octanol–water partition coefficient (Wildman–Crippen LogP) is 3.87. The van der Waals surface area contributed by atoms with Crippen molar-refractivity contribution in [3.8, 4) is 0 Å². The predicted molar refractivity (Wildman–Crippen MR) is 126 cm³/mol. The number of nitrogens with zero attached hydrogens (tertiary/aromatic N) is 2. The van der Waals surface area contributed by atoms with Crippen molar-refractivity contribution in [1.82, 2.24) is 15.5 Å². The molecule has 162 valence electrons. The van der Waals surface area contributed by atoms with Crippen LogP contribution in [0, 0.1) is 5.41 Å². The molecule has 0 saturated carbocycles. The minimum Gasteiger partial charge on any atom is -0.356 e. The van der Waals surface area contributed by atoms with Gasteiger partial charge in [-0.1, -0.05) is 26.0 Å². The van der Waals surface area contributed by atoms with Gasteiger partial charge in [-0.25, -0.2) is 0 Å². The molecule has 30 heavy (non-hydrogen) atoms. The summed E-state index contributed by atoms with van der Waals surface area (Å²) >= 11 is 1.93. The molecule has 0 saturated heterocycles. The lowest BCUT2D eigenvalue weighted by Crippen LogP contribution is -2.37. The van der Waals surface area contributed by atoms with Crippen molar-refractivity contribution in [3.63, 3.8) is 0 Å². The number of aryl methyl sites for hydroxylation is 1. The van der Waals surface area contributed by atoms with Crippen molar-refractivity contribution in [3.05, 3.63) is 56.8 Å². The summed E-state index contributed by atoms with van der Waals surface area (Å²) in [6, 6.07) is 10.2. The first-order valence-electron chi connectivity index (χ1n) is 10.6. The number of aliphatic imine (C=N–C) groups is 1. The monoisotopic (exact) mass is 426 g/mol. The van der Waals surface area contributed by atoms with Gasteiger partial charge in [0.2, 0.25) is 0 Å². The first kappa shape index (κ1) is 22.3. The van der Waals surface area contributed by atoms with E-state index in [1.54, 1.807) is 30.9 Å². The van der Waals surface area contributed by atoms with Gasteiger partial charge < -0.3 is 15.5 Å². The van der Waals surface area contributed by atoms with E-state index >= 15 is 0 Å². The smallest absolute Gasteiger partial charge is 0.253 e. The fraction of sp³-hybridized carbons (Fsp3) is 0.500. The van der Waals surface area contributed by atoms with E-state index in [1.807, 2.05) is 29.5 Å². The number of benzene rings is 1. The largest absolute Gasteiger partial charge is 0.356 e. The Labute approximate surface area is 184 Å². The van der Waals surface area contributed by atoms with Crippen LogP contribution in [0.4, 0.5) is 0 Å². The highest BCUT2D eigenvalue weighted by Gasteiger charge is 2.26. The van der Waals surface area contributed by atoms with E-state index in [-0.39, 0.29) is 5.91 Å². The van der Waals surface area contributed by atoms with E-state index in [1.165, 1.54) is 29.7 Å². The number of rotatable bonds is 6. The van der Waals surface area contributed by atoms with Crippen LogP contribution in [0.15, 0.2) is 35.3 Å². The lowest BCUT2D eigenvalue weighted by Gasteiger charge is -2.29. The number of hydrogen-bond donors (Lipinski definition) is 2. The van der Waals surface area contributed by atoms with E-state index in [0.29, 0.717) is 5.41 Å². The molecular formula is C24H34N4OS. The SMILES string of the molecule is CN=C(NCCc1cccc(C(=O)N(C)C)c1)NCc1cc2c(s1)CCC(C)(C)C2. The molecule has 1 aromatic carbocycles. The quantitative estimate of drug-likeness (QED) is 0.545. The van der Waals surface area contributed by atoms with Crippen LogP contribution in [0.2, 0.25) is 0 Å². The number of nitrogens with one attached hydrogen (secondary N) is 2. The topological polar surface area (TPSA) is 56.7 Å². The van der Waals surface area contributed by atoms with Gasteiger partial charge in [-0.3, -0.25) is 9.79 Å². The zero-order chi connectivity index (χ0) is 21.7. The summed E-state index contributed by atoms with van der Waals surface area (Å²) in [4.78, 5) is 21.0. The number of carbonyl (C=O) groups excluding carboxylic acids is 1. The van der Waals surface area contributed by atoms with Crippen molar-refractivity contribution < 1.29 is 4.79 Å². The van der Waals surface area contributed by atoms with Crippen LogP contribution >= 0.6 is 11.3 Å². The summed E-state index contributed by atoms with van der Waals surface area (Å²) in [6.45, 7) is 6.28. The zero-order valence-electron chi connectivity index (χ0n) is 18.8. The molecule has 0 unspecified atom stereocenters. The maximum absolute atomic E-state index is 12.1. The van der Waals surface area contributed by atoms with Crippen molar-refractivity contribution in [1.29, 1.82) is 0 Å². The van der Waals surface area contributed by atoms with Gasteiger partial charge >= 0.3 is 0 Å². The molecule has 3 rings (SSSR count). The first-order valence-corrected chi connectivity index (χ1v) is 11.4. The van der Waals surface area contributed by atoms with E-state index in [2.05, 4.69) is 41.6 Å². The maximum Gasteiger partial charge on any atom is 0.253 e. The normalized spacial score (nSPS) is 15.4. The van der Waals surface area contributed by atoms with Crippen molar-refractivity contribution in [2.24, 2.45) is 10.4 Å². The lowest BCUT2D eigenvalue weighted by molar-refractivity contribution is 0.0827. The molecule has 0 aliphatic heterocycles. The summed E-state index contributed by atoms with van der Waals surface area (Å²) in [5, 5.41) is 6.82. The summed E-state index contributed by atoms with van der Waals surface area (Å²) in [5.74, 6) is 0.839. The third kappa shape index (κ3) is 5.85. The Bertz CT molecular complexity index is 914. The van der Waals surface area contributed by atoms with Gasteiger partial charge in [0.05, 0.1) is 6.54 Å². The number of guanidine groups is 1. The number of fused-ring (bicyclic) bond motifs is 1. The Kier molecular flexibility index (Phi) is 7.19. The molecule has 0 radical (unpaired) electrons. The van der Waals surface area contributed by atoms with Crippen LogP contribution in [-0.2, 0) is 25.8 Å². The van der Waals surface area contributed by atoms with Gasteiger partial charge in [0.15, 0.2) is 5.96 Å². The van der Waals surface area contributed by atoms with Crippen LogP contribution < -0.4 is 10.6 Å². The van der Waals surface area contributed by atoms with Crippen LogP contribution in [0.3, 0.4) is 0 Å². The molecular weight excluding hydrogens is 392 g/mol. The first-order chi connectivity index (χ1) is 14.3. The Hall–Kier alpha value is -2.34. The molecule has 1 heterocycles. The average molecular weight is 427 g/mol. The Morgan fingerprint density at radius 3 is 2.77 bits per heavy atom. The van der Waals surface area contributed by atoms with Gasteiger partial charge in [-0.2, -0.15) is 0 Å². The minimum absolute atomic E-state index is 0.0318. The molecule has 0 spiro atoms. The number of carbonyl (C=O) groups is 1. The van der Waals surface area contributed by atoms with E-state index < -0.39 is 0 Å². The van der Waals surface area contributed by atoms with Gasteiger partial charge in [0.25, 0.3) is 5.91 Å². The van der Waals surface area contributed by atoms with Crippen LogP contribution in [0.1, 0.15) is 51.5 Å². The van der Waals surface area contributed by atoms with E-state index in [4.69, 9.17) is 0 Å². The van der Waals surface area contributed by atoms with Crippen molar-refractivity contribution in [2.45, 2.75) is 46.1 Å². The number of thiophene rings is 1. The Morgan fingerprint density at radius 1 is 1.23 bits per heavy atom. The molecule has 0 fully saturated rings. The molecule has 1 aliphatic carbocycles. The second kappa shape index (κ2) is 9.65. The molecule has 0 atom stereocenters. The molecule has 1 aromatic heterocycles. The van der Waals surface area contributed by atoms with E-state index in [9.17, 15) is 4.79 Å². The Morgan fingerprint density at radius 2 is 2.03 bits per heavy atom. The van der Waals surface area contributed by atoms with Gasteiger partial charge in [0.1, 0.15) is 0 Å². The number of hydrogen-bond acceptors (Lipinski definition) is 3. The second-order valence-corrected chi connectivity index (χ2v) is 10.2. The summed E-state index contributed by atoms with van der Waals surface area (Å²) in [6.07, 6.45) is 4.49. The van der Waals surface area contributed by atoms with Gasteiger partial charge in [-0.15, -0.1) is 11.3 Å². The van der Waals surface area contributed by atoms with Crippen LogP contribution in [0.25, 0.3) is 0 Å². The third-order valence-electron chi connectivity index (χ3n) is 5.59. The standard InChI is InChI=1S/C24H34N4OS/c1-24(2)11-9-21-19(15-24)14-20(30-21)16-27-23(25-3)26-12-10-17-7-6-8-18(13-17)22(29)28(4)5/h6-8,13-14H,9-12,15-16H2,1-5H3,(H2,25,26,27). The lowest BCUT2D eigenvalue weighted by atomic mass is 9.77. The molecule has 5 nitrogen and oxygen atoms in total. The molecule has 1 aliphatic rings. The fourth-order valence-electron chi connectivity index (χ4n) is 3.87. The minimum atomic E-state index is 0.0318. The maximum atomic E-state index is 12.1. The summed E-state index contributed by atoms with van der Waals surface area (Å²) in [7, 11) is 5.35. The molecule has 1 amide bonds. The molecule has 0 bridgehead atoms. The highest BCUT2D eigenvalue weighted by molar-refractivity contribution is 7.12. The third-order valence-corrected chi connectivity index (χ3v) is 6.82. The van der Waals surface area contributed by atoms with Crippen LogP contribution in [0.5, 0.6) is 0 Å². The van der Waals surface area contributed by atoms with Gasteiger partial charge in [0, 0.05) is 43.0 Å². The van der Waals surface area contributed by atoms with Crippen molar-refractivity contribution in [2.75, 3.05) is 27.7 Å². The van der Waals surface area contributed by atoms with Crippen molar-refractivity contribution >= 4 is 23.2 Å². The summed E-state index contributed by atoms with van der Waals surface area (Å²) in [5.41, 5.74) is 3.82. The van der Waals surface area contributed by atoms with E-state index in [0.717, 1.165) is 36.6 Å². The second-order valence-electron chi connectivity index (χ2n) is 9.00. The number of amides is 1. The fourth-order valence-corrected chi connectivity index (χ4v) is 5.00. The highest BCUT2D eigenvalue weighted by atomic mass is 32.1. The zero-order valence-corrected chi connectivity index (χ0v) is 19.7. The van der Waals surface area contributed by atoms with Crippen LogP contribution in [-0.4, -0.2) is 44.5 Å². The highest BCUT2D eigenvalue weighted by Crippen LogP contribution is 2.38. The molecule has 6 heteroatoms. The molecule has 2 aromatic rings.